The van der Waals surface area contributed by atoms with Gasteiger partial charge in [0.2, 0.25) is 64.2 Å². The number of nitrogens with zero attached hydrogens (tertiary/aromatic N) is 6. The number of hydrogen-bond acceptors (Lipinski definition) is 21. The third-order valence-electron chi connectivity index (χ3n) is 14.5. The summed E-state index contributed by atoms with van der Waals surface area (Å²) in [6, 6.07) is -14.0. The molecular weight excluding hydrogens is 1350 g/mol. The molecule has 42 nitrogen and oxygen atoms in total. The van der Waals surface area contributed by atoms with Gasteiger partial charge in [0.15, 0.2) is 35.8 Å². The summed E-state index contributed by atoms with van der Waals surface area (Å²) in [6.45, 7) is 0.460. The molecule has 0 spiro atoms. The smallest absolute Gasteiger partial charge is 0.243 e. The van der Waals surface area contributed by atoms with Gasteiger partial charge in [-0.15, -0.1) is 12.6 Å². The van der Waals surface area contributed by atoms with E-state index in [2.05, 4.69) is 103 Å². The number of aliphatic imine (C=N–C) groups is 6. The lowest BCUT2D eigenvalue weighted by Gasteiger charge is -2.28. The van der Waals surface area contributed by atoms with Crippen LogP contribution in [0.5, 0.6) is 0 Å². The molecule has 0 rings (SSSR count). The Morgan fingerprint density at radius 1 is 0.280 bits per heavy atom. The Kier molecular flexibility index (Phi) is 47.6. The van der Waals surface area contributed by atoms with Gasteiger partial charge in [0.05, 0.1) is 6.04 Å². The first-order valence-electron chi connectivity index (χ1n) is 32.6. The molecule has 10 amide bonds. The number of rotatable bonds is 55. The highest BCUT2D eigenvalue weighted by molar-refractivity contribution is 7.96. The average Bonchev–Trinajstić information content (AvgIpc) is 0.866. The summed E-state index contributed by atoms with van der Waals surface area (Å²) in [6.07, 6.45) is 0.459. The van der Waals surface area contributed by atoms with E-state index in [-0.39, 0.29) is 177 Å². The molecular formula is C56H111N31O11S2. The largest absolute Gasteiger partial charge is 0.370 e. The predicted octanol–water partition coefficient (Wildman–Crippen LogP) is -11.1. The van der Waals surface area contributed by atoms with Crippen molar-refractivity contribution in [3.63, 3.8) is 0 Å². The molecule has 0 radical (unpaired) electrons. The first kappa shape index (κ1) is 90.6. The van der Waals surface area contributed by atoms with Crippen LogP contribution in [0.1, 0.15) is 128 Å². The van der Waals surface area contributed by atoms with Crippen molar-refractivity contribution in [2.75, 3.05) is 58.1 Å². The van der Waals surface area contributed by atoms with E-state index in [0.29, 0.717) is 32.1 Å². The van der Waals surface area contributed by atoms with Gasteiger partial charge in [-0.3, -0.25) is 82.7 Å². The Morgan fingerprint density at radius 2 is 0.480 bits per heavy atom. The summed E-state index contributed by atoms with van der Waals surface area (Å²) in [5.74, 6) is -10.8. The number of nitrogens with two attached hydrogens (primary N) is 16. The van der Waals surface area contributed by atoms with Crippen LogP contribution in [0.25, 0.3) is 0 Å². The second kappa shape index (κ2) is 52.6. The number of amides is 10. The number of thiol groups is 2. The Labute approximate surface area is 592 Å². The molecule has 100 heavy (non-hydrogen) atoms. The van der Waals surface area contributed by atoms with Gasteiger partial charge in [-0.2, -0.15) is 12.6 Å². The fourth-order valence-corrected chi connectivity index (χ4v) is 9.79. The zero-order valence-corrected chi connectivity index (χ0v) is 58.4. The molecule has 568 valence electrons. The quantitative estimate of drug-likeness (QED) is 0.0116. The SMILES string of the molecule is NCCCC[C@H](NC(=O)[C@H](CCCCN)NC(=O)[C@@H](N)CCCN=C(N)N)C(=O)N[C@@H](CCCN=C(N)N)C(=O)N[C@@H](CCCN=C(N)N)C(=O)N[C@@H](CCC(N)=O)C(=O)N[C@@H](CCCN=C(N)N)C(=O)N[C@@H](CCCN=C(N)N)C(=O)N[C@@H](CCCN=C(N)N)C(=O)N[C@@H](CS)C(=O)S. The molecule has 0 fully saturated rings. The summed E-state index contributed by atoms with van der Waals surface area (Å²) >= 11 is 7.92. The Balaban J connectivity index is 7.64. The zero-order chi connectivity index (χ0) is 75.7. The molecule has 41 N–H and O–H groups in total. The van der Waals surface area contributed by atoms with Crippen LogP contribution in [0.3, 0.4) is 0 Å². The lowest BCUT2D eigenvalue weighted by Crippen LogP contribution is -2.60. The van der Waals surface area contributed by atoms with Crippen LogP contribution in [0, 0.1) is 0 Å². The Bertz CT molecular complexity index is 2770. The molecule has 0 saturated heterocycles. The molecule has 0 aromatic rings. The minimum Gasteiger partial charge on any atom is -0.370 e. The van der Waals surface area contributed by atoms with E-state index in [1.807, 2.05) is 0 Å². The van der Waals surface area contributed by atoms with Crippen molar-refractivity contribution < 1.29 is 52.7 Å². The van der Waals surface area contributed by atoms with Crippen molar-refractivity contribution in [2.45, 2.75) is 189 Å². The topological polar surface area (TPSA) is 787 Å². The Morgan fingerprint density at radius 3 is 0.680 bits per heavy atom. The maximum atomic E-state index is 14.7. The lowest BCUT2D eigenvalue weighted by molar-refractivity contribution is -0.136. The Hall–Kier alpha value is -9.43. The molecule has 44 heteroatoms. The standard InChI is InChI=1S/C56H111N31O11S2/c57-21-3-1-12-31(79-41(89)30(59)11-5-23-73-51(61)62)42(90)80-32(13-2-4-22-58)43(91)81-33(14-6-24-74-52(63)64)44(92)83-36(17-9-27-77-55(69)70)47(95)86-38(19-20-40(60)88)49(97)85-35(16-8-26-76-54(67)68)46(94)82-34(15-7-25-75-53(65)66)45(93)84-37(18-10-28-78-56(71)72)48(96)87-39(29-99)50(98)100/h30-39,99H,1-29,57-59H2,(H2,60,88)(H,79,89)(H,80,90)(H,81,91)(H,82,94)(H,83,92)(H,84,93)(H,85,97)(H,86,95)(H,87,96)(H,98,100)(H4,61,62,73)(H4,63,64,74)(H4,65,66,75)(H4,67,68,76)(H4,69,70,77)(H4,71,72,78)/t30-,31-,32-,33-,34-,35-,36-,37-,38-,39-/m0/s1. The summed E-state index contributed by atoms with van der Waals surface area (Å²) in [4.78, 5) is 177. The van der Waals surface area contributed by atoms with Crippen LogP contribution in [-0.2, 0) is 52.7 Å². The van der Waals surface area contributed by atoms with Crippen molar-refractivity contribution >= 4 is 125 Å². The van der Waals surface area contributed by atoms with E-state index in [0.717, 1.165) is 0 Å². The lowest BCUT2D eigenvalue weighted by atomic mass is 10.0. The number of primary amides is 1. The fraction of sp³-hybridized carbons (Fsp3) is 0.696. The second-order valence-corrected chi connectivity index (χ2v) is 23.8. The molecule has 0 aliphatic carbocycles. The van der Waals surface area contributed by atoms with Gasteiger partial charge in [-0.25, -0.2) is 0 Å². The van der Waals surface area contributed by atoms with Crippen LogP contribution in [0.4, 0.5) is 0 Å². The zero-order valence-electron chi connectivity index (χ0n) is 56.6. The van der Waals surface area contributed by atoms with E-state index in [9.17, 15) is 52.7 Å². The van der Waals surface area contributed by atoms with E-state index in [1.54, 1.807) is 0 Å². The molecule has 10 atom stereocenters. The average molecular weight is 1460 g/mol. The number of nitrogens with one attached hydrogen (secondary N) is 9. The van der Waals surface area contributed by atoms with E-state index in [4.69, 9.17) is 91.7 Å². The summed E-state index contributed by atoms with van der Waals surface area (Å²) in [5, 5.41) is 22.7. The van der Waals surface area contributed by atoms with Crippen LogP contribution < -0.4 is 140 Å². The maximum absolute atomic E-state index is 14.7. The number of guanidine groups is 6. The van der Waals surface area contributed by atoms with Gasteiger partial charge < -0.3 is 140 Å². The molecule has 0 heterocycles. The van der Waals surface area contributed by atoms with Gasteiger partial charge in [-0.05, 0) is 135 Å². The number of hydrogen-bond donors (Lipinski definition) is 27. The molecule has 0 bridgehead atoms. The molecule has 0 aromatic carbocycles. The summed E-state index contributed by atoms with van der Waals surface area (Å²) in [5.41, 5.74) is 89.6. The van der Waals surface area contributed by atoms with E-state index < -0.39 is 137 Å². The summed E-state index contributed by atoms with van der Waals surface area (Å²) < 4.78 is 0. The fourth-order valence-electron chi connectivity index (χ4n) is 9.23. The van der Waals surface area contributed by atoms with Crippen LogP contribution in [0.15, 0.2) is 30.0 Å². The van der Waals surface area contributed by atoms with Crippen LogP contribution >= 0.6 is 25.3 Å². The van der Waals surface area contributed by atoms with Gasteiger partial charge >= 0.3 is 0 Å². The minimum absolute atomic E-state index is 0.00463. The molecule has 0 saturated carbocycles. The maximum Gasteiger partial charge on any atom is 0.243 e. The van der Waals surface area contributed by atoms with Gasteiger partial charge in [0, 0.05) is 51.4 Å². The van der Waals surface area contributed by atoms with Crippen LogP contribution in [-0.4, -0.2) is 218 Å². The second-order valence-electron chi connectivity index (χ2n) is 22.9. The molecule has 0 aromatic heterocycles. The number of unbranched alkanes of at least 4 members (excludes halogenated alkanes) is 2. The van der Waals surface area contributed by atoms with E-state index >= 15 is 0 Å². The third kappa shape index (κ3) is 43.1. The van der Waals surface area contributed by atoms with Gasteiger partial charge in [-0.1, -0.05) is 0 Å². The molecule has 0 aliphatic heterocycles. The normalized spacial score (nSPS) is 13.8. The van der Waals surface area contributed by atoms with Crippen molar-refractivity contribution in [2.24, 2.45) is 122 Å². The van der Waals surface area contributed by atoms with Crippen LogP contribution in [0.2, 0.25) is 0 Å². The highest BCUT2D eigenvalue weighted by atomic mass is 32.1. The first-order valence-corrected chi connectivity index (χ1v) is 33.7. The highest BCUT2D eigenvalue weighted by Crippen LogP contribution is 2.13. The predicted molar refractivity (Wildman–Crippen MR) is 387 cm³/mol. The molecule has 0 aliphatic rings. The minimum atomic E-state index is -1.71. The number of carbonyl (C=O) groups excluding carboxylic acids is 11. The monoisotopic (exact) mass is 1460 g/mol. The third-order valence-corrected chi connectivity index (χ3v) is 15.1. The van der Waals surface area contributed by atoms with Crippen molar-refractivity contribution in [1.82, 2.24) is 47.9 Å². The van der Waals surface area contributed by atoms with E-state index in [1.165, 1.54) is 0 Å². The van der Waals surface area contributed by atoms with Crippen molar-refractivity contribution in [1.29, 1.82) is 0 Å². The van der Waals surface area contributed by atoms with Gasteiger partial charge in [0.25, 0.3) is 0 Å². The molecule has 0 unspecified atom stereocenters. The first-order chi connectivity index (χ1) is 47.3. The van der Waals surface area contributed by atoms with Crippen molar-refractivity contribution in [3.8, 4) is 0 Å². The van der Waals surface area contributed by atoms with Crippen molar-refractivity contribution in [3.05, 3.63) is 0 Å². The van der Waals surface area contributed by atoms with Gasteiger partial charge in [0.1, 0.15) is 54.4 Å². The highest BCUT2D eigenvalue weighted by Gasteiger charge is 2.36. The summed E-state index contributed by atoms with van der Waals surface area (Å²) in [7, 11) is 0. The number of carbonyl (C=O) groups is 11.